The Balaban J connectivity index is 2.00. The summed E-state index contributed by atoms with van der Waals surface area (Å²) in [6.07, 6.45) is 7.82. The van der Waals surface area contributed by atoms with E-state index in [1.54, 1.807) is 14.2 Å². The third kappa shape index (κ3) is 10.2. The van der Waals surface area contributed by atoms with Gasteiger partial charge in [0, 0.05) is 13.7 Å². The van der Waals surface area contributed by atoms with Gasteiger partial charge < -0.3 is 29.6 Å². The van der Waals surface area contributed by atoms with Crippen LogP contribution in [0.2, 0.25) is 0 Å². The Morgan fingerprint density at radius 3 is 2.52 bits per heavy atom. The van der Waals surface area contributed by atoms with Crippen LogP contribution in [-0.2, 0) is 16.0 Å². The van der Waals surface area contributed by atoms with E-state index in [-0.39, 0.29) is 12.8 Å². The van der Waals surface area contributed by atoms with E-state index in [0.717, 1.165) is 18.4 Å². The number of amides is 1. The fourth-order valence-electron chi connectivity index (χ4n) is 3.98. The quantitative estimate of drug-likeness (QED) is 0.327. The Labute approximate surface area is 203 Å². The summed E-state index contributed by atoms with van der Waals surface area (Å²) in [5.41, 5.74) is 0.418. The Morgan fingerprint density at radius 2 is 1.88 bits per heavy atom. The maximum Gasteiger partial charge on any atom is 0.408 e. The number of carbonyl (C=O) groups is 1. The van der Waals surface area contributed by atoms with E-state index >= 15 is 0 Å². The van der Waals surface area contributed by atoms with Crippen molar-refractivity contribution in [3.05, 3.63) is 23.8 Å². The van der Waals surface area contributed by atoms with Gasteiger partial charge in [0.05, 0.1) is 18.1 Å². The molecule has 0 aromatic heterocycles. The first kappa shape index (κ1) is 27.2. The van der Waals surface area contributed by atoms with Gasteiger partial charge in [-0.15, -0.1) is 0 Å². The third-order valence-electron chi connectivity index (χ3n) is 5.62. The van der Waals surface area contributed by atoms with Crippen molar-refractivity contribution in [3.63, 3.8) is 0 Å². The summed E-state index contributed by atoms with van der Waals surface area (Å²) < 4.78 is 21.4. The van der Waals surface area contributed by atoms with E-state index in [2.05, 4.69) is 10.6 Å². The molecule has 2 rings (SSSR count). The topological polar surface area (TPSA) is 78.1 Å². The van der Waals surface area contributed by atoms with Gasteiger partial charge in [-0.2, -0.15) is 0 Å². The molecular weight excluding hydrogens is 440 g/mol. The van der Waals surface area contributed by atoms with Crippen molar-refractivity contribution in [2.45, 2.75) is 83.9 Å². The summed E-state index contributed by atoms with van der Waals surface area (Å²) in [6, 6.07) is 5.42. The van der Waals surface area contributed by atoms with Gasteiger partial charge in [0.15, 0.2) is 18.3 Å². The molecule has 1 aliphatic carbocycles. The second-order valence-electron chi connectivity index (χ2n) is 9.53. The van der Waals surface area contributed by atoms with Gasteiger partial charge >= 0.3 is 6.09 Å². The number of thiocarbonyl (C=S) groups is 1. The highest BCUT2D eigenvalue weighted by Crippen LogP contribution is 2.29. The molecule has 1 aromatic rings. The van der Waals surface area contributed by atoms with Crippen LogP contribution in [0.15, 0.2) is 18.2 Å². The average molecular weight is 481 g/mol. The standard InChI is InChI=1S/C25H40N2O5S/c1-25(2,3)32-24(28)27-20(13-11-18-9-7-6-8-10-18)23(33)26-16-19-12-14-21(30-5)22(15-19)31-17-29-4/h12,14-15,18,20H,6-11,13,16-17H2,1-5H3,(H,26,33)(H,27,28)/t20-/m1/s1. The molecule has 1 atom stereocenters. The Hall–Kier alpha value is -2.06. The minimum atomic E-state index is -0.561. The zero-order chi connectivity index (χ0) is 24.3. The summed E-state index contributed by atoms with van der Waals surface area (Å²) in [7, 11) is 3.17. The fraction of sp³-hybridized carbons (Fsp3) is 0.680. The van der Waals surface area contributed by atoms with Crippen LogP contribution in [0.3, 0.4) is 0 Å². The van der Waals surface area contributed by atoms with E-state index in [4.69, 9.17) is 31.2 Å². The van der Waals surface area contributed by atoms with Crippen molar-refractivity contribution in [2.75, 3.05) is 21.0 Å². The number of methoxy groups -OCH3 is 2. The molecule has 0 unspecified atom stereocenters. The number of hydrogen-bond donors (Lipinski definition) is 2. The highest BCUT2D eigenvalue weighted by molar-refractivity contribution is 7.80. The molecule has 0 aliphatic heterocycles. The van der Waals surface area contributed by atoms with E-state index < -0.39 is 11.7 Å². The highest BCUT2D eigenvalue weighted by atomic mass is 32.1. The van der Waals surface area contributed by atoms with E-state index in [0.29, 0.717) is 29.0 Å². The third-order valence-corrected chi connectivity index (χ3v) is 6.05. The number of benzene rings is 1. The van der Waals surface area contributed by atoms with Crippen LogP contribution < -0.4 is 20.1 Å². The number of hydrogen-bond acceptors (Lipinski definition) is 6. The largest absolute Gasteiger partial charge is 0.493 e. The molecule has 0 spiro atoms. The lowest BCUT2D eigenvalue weighted by molar-refractivity contribution is 0.0490. The Morgan fingerprint density at radius 1 is 1.15 bits per heavy atom. The molecular formula is C25H40N2O5S. The number of carbonyl (C=O) groups excluding carboxylic acids is 1. The van der Waals surface area contributed by atoms with Gasteiger partial charge in [0.25, 0.3) is 0 Å². The van der Waals surface area contributed by atoms with E-state index in [9.17, 15) is 4.79 Å². The predicted molar refractivity (Wildman–Crippen MR) is 134 cm³/mol. The van der Waals surface area contributed by atoms with Crippen molar-refractivity contribution < 1.29 is 23.7 Å². The molecule has 0 radical (unpaired) electrons. The summed E-state index contributed by atoms with van der Waals surface area (Å²) >= 11 is 5.70. The highest BCUT2D eigenvalue weighted by Gasteiger charge is 2.24. The monoisotopic (exact) mass is 480 g/mol. The molecule has 8 heteroatoms. The molecule has 1 aromatic carbocycles. The summed E-state index contributed by atoms with van der Waals surface area (Å²) in [5, 5.41) is 6.29. The molecule has 1 saturated carbocycles. The van der Waals surface area contributed by atoms with Crippen molar-refractivity contribution >= 4 is 23.3 Å². The van der Waals surface area contributed by atoms with Gasteiger partial charge in [0.1, 0.15) is 5.60 Å². The maximum absolute atomic E-state index is 12.5. The van der Waals surface area contributed by atoms with Crippen molar-refractivity contribution in [1.82, 2.24) is 10.6 Å². The van der Waals surface area contributed by atoms with Crippen LogP contribution in [0, 0.1) is 5.92 Å². The van der Waals surface area contributed by atoms with Crippen LogP contribution in [-0.4, -0.2) is 43.7 Å². The molecule has 1 amide bonds. The lowest BCUT2D eigenvalue weighted by atomic mass is 9.85. The van der Waals surface area contributed by atoms with Crippen molar-refractivity contribution in [3.8, 4) is 11.5 Å². The van der Waals surface area contributed by atoms with Crippen molar-refractivity contribution in [2.24, 2.45) is 5.92 Å². The Bertz CT molecular complexity index is 760. The first-order chi connectivity index (χ1) is 15.7. The van der Waals surface area contributed by atoms with E-state index in [1.165, 1.54) is 32.1 Å². The van der Waals surface area contributed by atoms with E-state index in [1.807, 2.05) is 39.0 Å². The smallest absolute Gasteiger partial charge is 0.408 e. The number of alkyl carbamates (subject to hydrolysis) is 1. The molecule has 1 aliphatic rings. The van der Waals surface area contributed by atoms with Crippen LogP contribution in [0.4, 0.5) is 4.79 Å². The maximum atomic E-state index is 12.5. The lowest BCUT2D eigenvalue weighted by Gasteiger charge is -2.27. The molecule has 186 valence electrons. The summed E-state index contributed by atoms with van der Waals surface area (Å²) in [4.78, 5) is 13.1. The molecule has 0 saturated heterocycles. The van der Waals surface area contributed by atoms with Crippen LogP contribution in [0.5, 0.6) is 11.5 Å². The van der Waals surface area contributed by atoms with Gasteiger partial charge in [-0.3, -0.25) is 0 Å². The predicted octanol–water partition coefficient (Wildman–Crippen LogP) is 5.35. The van der Waals surface area contributed by atoms with Gasteiger partial charge in [-0.1, -0.05) is 50.4 Å². The molecule has 7 nitrogen and oxygen atoms in total. The zero-order valence-corrected chi connectivity index (χ0v) is 21.5. The fourth-order valence-corrected chi connectivity index (χ4v) is 4.22. The molecule has 0 heterocycles. The first-order valence-corrected chi connectivity index (χ1v) is 12.2. The summed E-state index contributed by atoms with van der Waals surface area (Å²) in [5.74, 6) is 1.94. The average Bonchev–Trinajstić information content (AvgIpc) is 2.78. The van der Waals surface area contributed by atoms with Crippen LogP contribution >= 0.6 is 12.2 Å². The second-order valence-corrected chi connectivity index (χ2v) is 9.97. The Kier molecular flexibility index (Phi) is 11.2. The number of rotatable bonds is 11. The van der Waals surface area contributed by atoms with Crippen LogP contribution in [0.25, 0.3) is 0 Å². The molecule has 2 N–H and O–H groups in total. The molecule has 33 heavy (non-hydrogen) atoms. The first-order valence-electron chi connectivity index (χ1n) is 11.8. The SMILES string of the molecule is COCOc1cc(CNC(=S)[C@@H](CCC2CCCCC2)NC(=O)OC(C)(C)C)ccc1OC. The van der Waals surface area contributed by atoms with Gasteiger partial charge in [-0.05, 0) is 57.2 Å². The van der Waals surface area contributed by atoms with Gasteiger partial charge in [0.2, 0.25) is 0 Å². The normalized spacial score (nSPS) is 15.4. The minimum absolute atomic E-state index is 0.134. The number of nitrogens with one attached hydrogen (secondary N) is 2. The molecule has 1 fully saturated rings. The minimum Gasteiger partial charge on any atom is -0.493 e. The lowest BCUT2D eigenvalue weighted by Crippen LogP contribution is -2.47. The van der Waals surface area contributed by atoms with Crippen molar-refractivity contribution in [1.29, 1.82) is 0 Å². The number of ether oxygens (including phenoxy) is 4. The van der Waals surface area contributed by atoms with Gasteiger partial charge in [-0.25, -0.2) is 4.79 Å². The zero-order valence-electron chi connectivity index (χ0n) is 20.7. The van der Waals surface area contributed by atoms with Crippen LogP contribution in [0.1, 0.15) is 71.3 Å². The summed E-state index contributed by atoms with van der Waals surface area (Å²) in [6.45, 7) is 6.20. The second kappa shape index (κ2) is 13.6. The molecule has 0 bridgehead atoms.